The Bertz CT molecular complexity index is 883. The molecule has 4 amide bonds. The third-order valence-corrected chi connectivity index (χ3v) is 11.2. The number of hydrogen-bond acceptors (Lipinski definition) is 6. The van der Waals surface area contributed by atoms with Gasteiger partial charge in [-0.25, -0.2) is 0 Å². The molecule has 0 spiro atoms. The van der Waals surface area contributed by atoms with Gasteiger partial charge in [0, 0.05) is 37.4 Å². The van der Waals surface area contributed by atoms with Crippen molar-refractivity contribution in [1.82, 2.24) is 22.1 Å². The van der Waals surface area contributed by atoms with E-state index in [1.807, 2.05) is 0 Å². The monoisotopic (exact) mass is 731 g/mol. The summed E-state index contributed by atoms with van der Waals surface area (Å²) in [7, 11) is 0. The van der Waals surface area contributed by atoms with E-state index >= 15 is 0 Å². The van der Waals surface area contributed by atoms with Crippen LogP contribution in [0.15, 0.2) is 24.3 Å². The molecule has 8 heteroatoms. The molecule has 8 nitrogen and oxygen atoms in total. The molecule has 0 saturated heterocycles. The largest absolute Gasteiger partial charge is 0.344 e. The van der Waals surface area contributed by atoms with E-state index in [4.69, 9.17) is 0 Å². The smallest absolute Gasteiger partial charge is 0.253 e. The Hall–Kier alpha value is -2.32. The van der Waals surface area contributed by atoms with Crippen molar-refractivity contribution in [3.8, 4) is 0 Å². The van der Waals surface area contributed by atoms with Gasteiger partial charge in [0.1, 0.15) is 0 Å². The molecule has 6 N–H and O–H groups in total. The van der Waals surface area contributed by atoms with Crippen molar-refractivity contribution >= 4 is 23.6 Å². The van der Waals surface area contributed by atoms with Gasteiger partial charge < -0.3 is 12.3 Å². The highest BCUT2D eigenvalue weighted by molar-refractivity contribution is 6.13. The van der Waals surface area contributed by atoms with E-state index in [2.05, 4.69) is 13.8 Å². The molecular weight excluding hydrogens is 649 g/mol. The van der Waals surface area contributed by atoms with Gasteiger partial charge in [-0.3, -0.25) is 29.0 Å². The Kier molecular flexibility index (Phi) is 31.8. The van der Waals surface area contributed by atoms with Gasteiger partial charge in [-0.1, -0.05) is 194 Å². The maximum absolute atomic E-state index is 11.7. The summed E-state index contributed by atoms with van der Waals surface area (Å²) in [6.07, 6.45) is 44.7. The van der Waals surface area contributed by atoms with Crippen LogP contribution in [0.25, 0.3) is 0 Å². The van der Waals surface area contributed by atoms with E-state index in [0.29, 0.717) is 13.1 Å². The van der Waals surface area contributed by atoms with Gasteiger partial charge in [-0.05, 0) is 24.7 Å². The molecule has 0 aromatic rings. The molecule has 2 aliphatic rings. The van der Waals surface area contributed by atoms with Crippen LogP contribution in [0.3, 0.4) is 0 Å². The number of rotatable bonds is 35. The number of hydrogen-bond donors (Lipinski definition) is 2. The fourth-order valence-corrected chi connectivity index (χ4v) is 8.03. The summed E-state index contributed by atoms with van der Waals surface area (Å²) in [5.41, 5.74) is 0. The van der Waals surface area contributed by atoms with E-state index in [1.165, 1.54) is 201 Å². The number of carbonyl (C=O) groups is 4. The average Bonchev–Trinajstić information content (AvgIpc) is 3.61. The molecule has 0 aromatic carbocycles. The van der Waals surface area contributed by atoms with Crippen LogP contribution in [0.2, 0.25) is 0 Å². The molecule has 2 aliphatic heterocycles. The Morgan fingerprint density at radius 1 is 0.346 bits per heavy atom. The van der Waals surface area contributed by atoms with Crippen molar-refractivity contribution in [2.45, 2.75) is 206 Å². The molecule has 2 heterocycles. The van der Waals surface area contributed by atoms with Gasteiger partial charge in [-0.2, -0.15) is 0 Å². The van der Waals surface area contributed by atoms with Gasteiger partial charge in [0.15, 0.2) is 0 Å². The first-order valence-corrected chi connectivity index (χ1v) is 21.5. The number of amides is 4. The lowest BCUT2D eigenvalue weighted by Crippen LogP contribution is -2.30. The topological polar surface area (TPSA) is 145 Å². The predicted molar refractivity (Wildman–Crippen MR) is 219 cm³/mol. The van der Waals surface area contributed by atoms with Crippen molar-refractivity contribution in [1.29, 1.82) is 0 Å². The SMILES string of the molecule is CCCCCCCCC(CCCCCCCCCN1C(=O)C=CC1=O)C(CCCCCCCC)CCCCCCCCCN1C(=O)C=CC1=O.N.N. The maximum atomic E-state index is 11.7. The van der Waals surface area contributed by atoms with Gasteiger partial charge in [-0.15, -0.1) is 0 Å². The van der Waals surface area contributed by atoms with E-state index < -0.39 is 0 Å². The second-order valence-electron chi connectivity index (χ2n) is 15.5. The lowest BCUT2D eigenvalue weighted by molar-refractivity contribution is -0.138. The lowest BCUT2D eigenvalue weighted by Gasteiger charge is -2.28. The van der Waals surface area contributed by atoms with Crippen LogP contribution >= 0.6 is 0 Å². The van der Waals surface area contributed by atoms with Crippen LogP contribution in [0.1, 0.15) is 206 Å². The van der Waals surface area contributed by atoms with Crippen molar-refractivity contribution in [2.75, 3.05) is 13.1 Å². The van der Waals surface area contributed by atoms with Crippen molar-refractivity contribution in [2.24, 2.45) is 11.8 Å². The number of nitrogens with zero attached hydrogens (tertiary/aromatic N) is 2. The molecule has 2 unspecified atom stereocenters. The zero-order valence-electron chi connectivity index (χ0n) is 34.0. The third-order valence-electron chi connectivity index (χ3n) is 11.2. The summed E-state index contributed by atoms with van der Waals surface area (Å²) < 4.78 is 0. The van der Waals surface area contributed by atoms with Gasteiger partial charge >= 0.3 is 0 Å². The molecule has 0 aromatic heterocycles. The summed E-state index contributed by atoms with van der Waals surface area (Å²) in [5, 5.41) is 0. The van der Waals surface area contributed by atoms with Crippen LogP contribution in [0, 0.1) is 11.8 Å². The van der Waals surface area contributed by atoms with E-state index in [-0.39, 0.29) is 35.9 Å². The summed E-state index contributed by atoms with van der Waals surface area (Å²) >= 11 is 0. The van der Waals surface area contributed by atoms with Gasteiger partial charge in [0.2, 0.25) is 0 Å². The molecular formula is C44H82N4O4. The minimum absolute atomic E-state index is 0. The van der Waals surface area contributed by atoms with E-state index in [1.54, 1.807) is 0 Å². The first-order valence-electron chi connectivity index (χ1n) is 21.5. The first-order chi connectivity index (χ1) is 24.5. The van der Waals surface area contributed by atoms with Crippen LogP contribution in [0.4, 0.5) is 0 Å². The summed E-state index contributed by atoms with van der Waals surface area (Å²) in [6.45, 7) is 5.74. The Morgan fingerprint density at radius 2 is 0.558 bits per heavy atom. The Morgan fingerprint density at radius 3 is 0.808 bits per heavy atom. The van der Waals surface area contributed by atoms with Gasteiger partial charge in [0.05, 0.1) is 0 Å². The lowest BCUT2D eigenvalue weighted by atomic mass is 9.78. The number of unbranched alkanes of at least 4 members (excludes halogenated alkanes) is 22. The average molecular weight is 731 g/mol. The minimum atomic E-state index is -0.155. The zero-order chi connectivity index (χ0) is 36.1. The molecule has 0 fully saturated rings. The fourth-order valence-electron chi connectivity index (χ4n) is 8.03. The molecule has 0 radical (unpaired) electrons. The molecule has 0 aliphatic carbocycles. The van der Waals surface area contributed by atoms with Gasteiger partial charge in [0.25, 0.3) is 23.6 Å². The molecule has 2 rings (SSSR count). The second-order valence-corrected chi connectivity index (χ2v) is 15.5. The quantitative estimate of drug-likeness (QED) is 0.0490. The van der Waals surface area contributed by atoms with Crippen LogP contribution in [-0.2, 0) is 19.2 Å². The molecule has 0 bridgehead atoms. The van der Waals surface area contributed by atoms with Crippen molar-refractivity contribution < 1.29 is 19.2 Å². The highest BCUT2D eigenvalue weighted by Gasteiger charge is 2.23. The first kappa shape index (κ1) is 49.7. The van der Waals surface area contributed by atoms with Crippen LogP contribution in [0.5, 0.6) is 0 Å². The van der Waals surface area contributed by atoms with E-state index in [0.717, 1.165) is 37.5 Å². The maximum Gasteiger partial charge on any atom is 0.253 e. The molecule has 302 valence electrons. The summed E-state index contributed by atoms with van der Waals surface area (Å²) in [6, 6.07) is 0. The van der Waals surface area contributed by atoms with Crippen LogP contribution in [-0.4, -0.2) is 46.5 Å². The van der Waals surface area contributed by atoms with E-state index in [9.17, 15) is 19.2 Å². The Labute approximate surface area is 319 Å². The highest BCUT2D eigenvalue weighted by Crippen LogP contribution is 2.34. The molecule has 2 atom stereocenters. The predicted octanol–water partition coefficient (Wildman–Crippen LogP) is 12.1. The standard InChI is InChI=1S/C44H76N2O4.2H3N/c1-3-5-7-9-17-23-29-39(31-25-19-13-11-15-21-27-37-45-41(47)33-34-42(45)48)40(30-24-18-10-8-6-4-2)32-26-20-14-12-16-22-28-38-46-43(49)35-36-44(46)50;;/h33-36,39-40H,3-32,37-38H2,1-2H3;2*1H3. The third kappa shape index (κ3) is 22.7. The Balaban J connectivity index is 0.0000130. The second kappa shape index (κ2) is 33.3. The van der Waals surface area contributed by atoms with Crippen molar-refractivity contribution in [3.63, 3.8) is 0 Å². The molecule has 0 saturated carbocycles. The number of imide groups is 2. The summed E-state index contributed by atoms with van der Waals surface area (Å²) in [5.74, 6) is 1.14. The van der Waals surface area contributed by atoms with Crippen molar-refractivity contribution in [3.05, 3.63) is 24.3 Å². The molecule has 52 heavy (non-hydrogen) atoms. The summed E-state index contributed by atoms with van der Waals surface area (Å²) in [4.78, 5) is 49.7. The van der Waals surface area contributed by atoms with Crippen LogP contribution < -0.4 is 12.3 Å². The fraction of sp³-hybridized carbons (Fsp3) is 0.818. The minimum Gasteiger partial charge on any atom is -0.344 e. The number of carbonyl (C=O) groups excluding carboxylic acids is 4. The zero-order valence-corrected chi connectivity index (χ0v) is 34.0. The normalized spacial score (nSPS) is 15.1. The highest BCUT2D eigenvalue weighted by atomic mass is 16.2.